The van der Waals surface area contributed by atoms with Crippen molar-refractivity contribution < 1.29 is 17.6 Å². The van der Waals surface area contributed by atoms with Gasteiger partial charge in [0.2, 0.25) is 26.6 Å². The molecule has 0 aliphatic carbocycles. The molecule has 0 amide bonds. The minimum absolute atomic E-state index is 0.0597. The van der Waals surface area contributed by atoms with E-state index in [4.69, 9.17) is 9.15 Å². The average Bonchev–Trinajstić information content (AvgIpc) is 3.21. The van der Waals surface area contributed by atoms with E-state index in [1.165, 1.54) is 12.1 Å². The Bertz CT molecular complexity index is 1280. The standard InChI is InChI=1S/C24H22N2O4S/c1-3-29-20-14-12-19(13-15-20)25-23-24(31(27,28)21-10-5-4-6-11-21)26-22(30-23)18-9-7-8-17(2)16-18/h4-16,25H,3H2,1-2H3. The molecule has 1 N–H and O–H groups in total. The molecular weight excluding hydrogens is 412 g/mol. The van der Waals surface area contributed by atoms with Gasteiger partial charge in [0.05, 0.1) is 11.5 Å². The Kier molecular flexibility index (Phi) is 5.77. The third kappa shape index (κ3) is 4.46. The van der Waals surface area contributed by atoms with Crippen LogP contribution in [0.5, 0.6) is 5.75 Å². The molecule has 0 aliphatic rings. The first-order chi connectivity index (χ1) is 15.0. The normalized spacial score (nSPS) is 11.3. The Morgan fingerprint density at radius 3 is 2.39 bits per heavy atom. The van der Waals surface area contributed by atoms with Crippen molar-refractivity contribution in [1.82, 2.24) is 4.98 Å². The van der Waals surface area contributed by atoms with E-state index in [0.717, 1.165) is 11.3 Å². The molecule has 0 atom stereocenters. The summed E-state index contributed by atoms with van der Waals surface area (Å²) in [5.41, 5.74) is 2.37. The van der Waals surface area contributed by atoms with E-state index in [1.54, 1.807) is 42.5 Å². The quantitative estimate of drug-likeness (QED) is 0.406. The molecular formula is C24H22N2O4S. The number of anilines is 2. The van der Waals surface area contributed by atoms with E-state index in [0.29, 0.717) is 17.9 Å². The molecule has 0 radical (unpaired) electrons. The van der Waals surface area contributed by atoms with Crippen LogP contribution in [0.4, 0.5) is 11.6 Å². The number of aryl methyl sites for hydroxylation is 1. The van der Waals surface area contributed by atoms with Crippen molar-refractivity contribution in [2.45, 2.75) is 23.8 Å². The summed E-state index contributed by atoms with van der Waals surface area (Å²) in [6, 6.07) is 22.9. The maximum Gasteiger partial charge on any atom is 0.238 e. The first-order valence-electron chi connectivity index (χ1n) is 9.85. The maximum absolute atomic E-state index is 13.3. The molecule has 3 aromatic carbocycles. The first-order valence-corrected chi connectivity index (χ1v) is 11.3. The van der Waals surface area contributed by atoms with Gasteiger partial charge in [-0.1, -0.05) is 35.9 Å². The van der Waals surface area contributed by atoms with E-state index in [-0.39, 0.29) is 21.7 Å². The third-order valence-corrected chi connectivity index (χ3v) is 6.27. The van der Waals surface area contributed by atoms with Crippen LogP contribution in [0.15, 0.2) is 93.2 Å². The second-order valence-electron chi connectivity index (χ2n) is 6.92. The highest BCUT2D eigenvalue weighted by Crippen LogP contribution is 2.34. The summed E-state index contributed by atoms with van der Waals surface area (Å²) < 4.78 is 38.0. The summed E-state index contributed by atoms with van der Waals surface area (Å²) in [7, 11) is -3.90. The number of nitrogens with one attached hydrogen (secondary N) is 1. The zero-order valence-electron chi connectivity index (χ0n) is 17.2. The lowest BCUT2D eigenvalue weighted by molar-refractivity contribution is 0.340. The predicted molar refractivity (Wildman–Crippen MR) is 119 cm³/mol. The third-order valence-electron chi connectivity index (χ3n) is 4.59. The SMILES string of the molecule is CCOc1ccc(Nc2oc(-c3cccc(C)c3)nc2S(=O)(=O)c2ccccc2)cc1. The summed E-state index contributed by atoms with van der Waals surface area (Å²) in [5.74, 6) is 1.01. The van der Waals surface area contributed by atoms with E-state index in [9.17, 15) is 8.42 Å². The number of sulfone groups is 1. The molecule has 7 heteroatoms. The van der Waals surface area contributed by atoms with Gasteiger partial charge in [-0.05, 0) is 62.4 Å². The number of aromatic nitrogens is 1. The molecule has 0 aliphatic heterocycles. The summed E-state index contributed by atoms with van der Waals surface area (Å²) >= 11 is 0. The number of benzene rings is 3. The van der Waals surface area contributed by atoms with Crippen molar-refractivity contribution in [2.75, 3.05) is 11.9 Å². The second-order valence-corrected chi connectivity index (χ2v) is 8.79. The van der Waals surface area contributed by atoms with Crippen LogP contribution >= 0.6 is 0 Å². The summed E-state index contributed by atoms with van der Waals surface area (Å²) in [6.45, 7) is 4.43. The van der Waals surface area contributed by atoms with Crippen LogP contribution in [0.3, 0.4) is 0 Å². The highest BCUT2D eigenvalue weighted by atomic mass is 32.2. The van der Waals surface area contributed by atoms with Gasteiger partial charge in [0.1, 0.15) is 5.75 Å². The fourth-order valence-electron chi connectivity index (χ4n) is 3.11. The smallest absolute Gasteiger partial charge is 0.238 e. The average molecular weight is 435 g/mol. The molecule has 158 valence electrons. The van der Waals surface area contributed by atoms with Gasteiger partial charge in [0, 0.05) is 11.3 Å². The first kappa shape index (κ1) is 20.7. The van der Waals surface area contributed by atoms with Gasteiger partial charge >= 0.3 is 0 Å². The Labute approximate surface area is 181 Å². The minimum atomic E-state index is -3.90. The molecule has 4 rings (SSSR count). The van der Waals surface area contributed by atoms with Gasteiger partial charge in [-0.15, -0.1) is 0 Å². The predicted octanol–water partition coefficient (Wildman–Crippen LogP) is 5.63. The van der Waals surface area contributed by atoms with Crippen LogP contribution in [0, 0.1) is 6.92 Å². The summed E-state index contributed by atoms with van der Waals surface area (Å²) in [5, 5.41) is 2.90. The number of oxazole rings is 1. The number of hydrogen-bond donors (Lipinski definition) is 1. The summed E-state index contributed by atoms with van der Waals surface area (Å²) in [4.78, 5) is 4.52. The number of rotatable bonds is 7. The van der Waals surface area contributed by atoms with Crippen LogP contribution in [0.2, 0.25) is 0 Å². The lowest BCUT2D eigenvalue weighted by atomic mass is 10.1. The molecule has 6 nitrogen and oxygen atoms in total. The molecule has 0 bridgehead atoms. The lowest BCUT2D eigenvalue weighted by Gasteiger charge is -2.07. The fourth-order valence-corrected chi connectivity index (χ4v) is 4.39. The zero-order valence-corrected chi connectivity index (χ0v) is 18.0. The molecule has 0 spiro atoms. The van der Waals surface area contributed by atoms with Gasteiger partial charge in [-0.2, -0.15) is 4.98 Å². The molecule has 0 unspecified atom stereocenters. The largest absolute Gasteiger partial charge is 0.494 e. The van der Waals surface area contributed by atoms with E-state index in [2.05, 4.69) is 10.3 Å². The van der Waals surface area contributed by atoms with Gasteiger partial charge in [-0.25, -0.2) is 8.42 Å². The Morgan fingerprint density at radius 2 is 1.71 bits per heavy atom. The zero-order chi connectivity index (χ0) is 21.8. The number of hydrogen-bond acceptors (Lipinski definition) is 6. The van der Waals surface area contributed by atoms with E-state index in [1.807, 2.05) is 38.1 Å². The number of nitrogens with zero attached hydrogens (tertiary/aromatic N) is 1. The van der Waals surface area contributed by atoms with Crippen molar-refractivity contribution >= 4 is 21.4 Å². The summed E-state index contributed by atoms with van der Waals surface area (Å²) in [6.07, 6.45) is 0. The number of ether oxygens (including phenoxy) is 1. The van der Waals surface area contributed by atoms with Gasteiger partial charge in [0.25, 0.3) is 0 Å². The van der Waals surface area contributed by atoms with Crippen LogP contribution < -0.4 is 10.1 Å². The van der Waals surface area contributed by atoms with E-state index >= 15 is 0 Å². The highest BCUT2D eigenvalue weighted by molar-refractivity contribution is 7.91. The fraction of sp³-hybridized carbons (Fsp3) is 0.125. The molecule has 1 heterocycles. The van der Waals surface area contributed by atoms with E-state index < -0.39 is 9.84 Å². The molecule has 0 saturated carbocycles. The topological polar surface area (TPSA) is 81.4 Å². The minimum Gasteiger partial charge on any atom is -0.494 e. The highest BCUT2D eigenvalue weighted by Gasteiger charge is 2.28. The van der Waals surface area contributed by atoms with Gasteiger partial charge in [0.15, 0.2) is 0 Å². The Morgan fingerprint density at radius 1 is 0.968 bits per heavy atom. The molecule has 0 fully saturated rings. The van der Waals surface area contributed by atoms with Crippen molar-refractivity contribution in [3.8, 4) is 17.2 Å². The van der Waals surface area contributed by atoms with Crippen LogP contribution in [-0.4, -0.2) is 20.0 Å². The molecule has 31 heavy (non-hydrogen) atoms. The molecule has 1 aromatic heterocycles. The molecule has 4 aromatic rings. The van der Waals surface area contributed by atoms with Gasteiger partial charge in [-0.3, -0.25) is 0 Å². The van der Waals surface area contributed by atoms with Crippen LogP contribution in [0.1, 0.15) is 12.5 Å². The Hall–Kier alpha value is -3.58. The van der Waals surface area contributed by atoms with Crippen LogP contribution in [0.25, 0.3) is 11.5 Å². The monoisotopic (exact) mass is 434 g/mol. The van der Waals surface area contributed by atoms with Crippen LogP contribution in [-0.2, 0) is 9.84 Å². The second kappa shape index (κ2) is 8.65. The molecule has 0 saturated heterocycles. The van der Waals surface area contributed by atoms with Crippen molar-refractivity contribution in [3.63, 3.8) is 0 Å². The van der Waals surface area contributed by atoms with Crippen molar-refractivity contribution in [1.29, 1.82) is 0 Å². The van der Waals surface area contributed by atoms with Crippen molar-refractivity contribution in [2.24, 2.45) is 0 Å². The lowest BCUT2D eigenvalue weighted by Crippen LogP contribution is -2.05. The maximum atomic E-state index is 13.3. The van der Waals surface area contributed by atoms with Crippen molar-refractivity contribution in [3.05, 3.63) is 84.4 Å². The Balaban J connectivity index is 1.78. The van der Waals surface area contributed by atoms with Gasteiger partial charge < -0.3 is 14.5 Å².